The molecule has 7 nitrogen and oxygen atoms in total. The number of hydrogen-bond donors (Lipinski definition) is 1. The van der Waals surface area contributed by atoms with Crippen LogP contribution in [0.3, 0.4) is 0 Å². The number of amides is 1. The molecule has 2 aliphatic rings. The first-order valence-electron chi connectivity index (χ1n) is 11.9. The normalized spacial score (nSPS) is 19.5. The predicted molar refractivity (Wildman–Crippen MR) is 145 cm³/mol. The molecule has 3 aromatic rings. The molecular formula is C27H27N3O4S2. The Labute approximate surface area is 215 Å². The molecule has 5 rings (SSSR count). The van der Waals surface area contributed by atoms with Gasteiger partial charge in [0, 0.05) is 11.4 Å². The number of thioether (sulfide) groups is 1. The van der Waals surface area contributed by atoms with Crippen LogP contribution in [0, 0.1) is 0 Å². The summed E-state index contributed by atoms with van der Waals surface area (Å²) in [6.07, 6.45) is 7.14. The fourth-order valence-corrected chi connectivity index (χ4v) is 6.35. The first-order valence-corrected chi connectivity index (χ1v) is 14.2. The SMILES string of the molecule is COc1ccc(C=C2S/C(=N\c3ccc(S(N)(=O)=O)cc3)N(C3CCCCC3)C2=O)c2ccccc12. The Morgan fingerprint density at radius 1 is 1.00 bits per heavy atom. The Kier molecular flexibility index (Phi) is 6.87. The van der Waals surface area contributed by atoms with Crippen LogP contribution in [0.5, 0.6) is 5.75 Å². The first kappa shape index (κ1) is 24.5. The Hall–Kier alpha value is -3.14. The van der Waals surface area contributed by atoms with Gasteiger partial charge in [-0.3, -0.25) is 9.69 Å². The third-order valence-corrected chi connectivity index (χ3v) is 8.50. The lowest BCUT2D eigenvalue weighted by Crippen LogP contribution is -2.40. The Bertz CT molecular complexity index is 1470. The van der Waals surface area contributed by atoms with Crippen LogP contribution in [0.4, 0.5) is 5.69 Å². The second-order valence-corrected chi connectivity index (χ2v) is 11.5. The van der Waals surface area contributed by atoms with Crippen LogP contribution in [0.15, 0.2) is 75.5 Å². The van der Waals surface area contributed by atoms with Gasteiger partial charge in [-0.15, -0.1) is 0 Å². The summed E-state index contributed by atoms with van der Waals surface area (Å²) in [5.74, 6) is 0.735. The molecule has 0 radical (unpaired) electrons. The highest BCUT2D eigenvalue weighted by Crippen LogP contribution is 2.40. The lowest BCUT2D eigenvalue weighted by molar-refractivity contribution is -0.124. The molecule has 0 unspecified atom stereocenters. The van der Waals surface area contributed by atoms with Gasteiger partial charge < -0.3 is 4.74 Å². The summed E-state index contributed by atoms with van der Waals surface area (Å²) in [6, 6.07) is 18.0. The molecule has 0 aromatic heterocycles. The molecule has 0 atom stereocenters. The number of aliphatic imine (C=N–C) groups is 1. The van der Waals surface area contributed by atoms with E-state index in [1.54, 1.807) is 19.2 Å². The summed E-state index contributed by atoms with van der Waals surface area (Å²) in [6.45, 7) is 0. The van der Waals surface area contributed by atoms with Gasteiger partial charge in [0.2, 0.25) is 10.0 Å². The molecule has 36 heavy (non-hydrogen) atoms. The molecule has 1 amide bonds. The number of hydrogen-bond acceptors (Lipinski definition) is 6. The van der Waals surface area contributed by atoms with Crippen LogP contribution in [0.25, 0.3) is 16.8 Å². The lowest BCUT2D eigenvalue weighted by Gasteiger charge is -2.30. The van der Waals surface area contributed by atoms with Gasteiger partial charge in [0.1, 0.15) is 5.75 Å². The van der Waals surface area contributed by atoms with Crippen molar-refractivity contribution in [3.05, 3.63) is 71.1 Å². The van der Waals surface area contributed by atoms with Crippen LogP contribution >= 0.6 is 11.8 Å². The number of benzene rings is 3. The summed E-state index contributed by atoms with van der Waals surface area (Å²) in [7, 11) is -2.14. The minimum Gasteiger partial charge on any atom is -0.496 e. The van der Waals surface area contributed by atoms with E-state index < -0.39 is 10.0 Å². The number of sulfonamides is 1. The first-order chi connectivity index (χ1) is 17.3. The van der Waals surface area contributed by atoms with E-state index in [0.717, 1.165) is 47.8 Å². The second-order valence-electron chi connectivity index (χ2n) is 8.91. The third kappa shape index (κ3) is 4.91. The number of nitrogens with two attached hydrogens (primary N) is 1. The molecular weight excluding hydrogens is 494 g/mol. The molecule has 1 saturated carbocycles. The van der Waals surface area contributed by atoms with Gasteiger partial charge in [-0.2, -0.15) is 0 Å². The number of rotatable bonds is 5. The summed E-state index contributed by atoms with van der Waals surface area (Å²) in [5, 5.41) is 7.82. The monoisotopic (exact) mass is 521 g/mol. The minimum atomic E-state index is -3.79. The fourth-order valence-electron chi connectivity index (χ4n) is 4.79. The molecule has 3 aromatic carbocycles. The summed E-state index contributed by atoms with van der Waals surface area (Å²) in [4.78, 5) is 20.9. The van der Waals surface area contributed by atoms with Crippen molar-refractivity contribution in [1.82, 2.24) is 4.90 Å². The summed E-state index contributed by atoms with van der Waals surface area (Å²) >= 11 is 1.35. The van der Waals surface area contributed by atoms with E-state index in [4.69, 9.17) is 14.9 Å². The van der Waals surface area contributed by atoms with Crippen molar-refractivity contribution >= 4 is 55.4 Å². The molecule has 2 N–H and O–H groups in total. The van der Waals surface area contributed by atoms with Gasteiger partial charge in [-0.05, 0) is 72.0 Å². The van der Waals surface area contributed by atoms with Crippen molar-refractivity contribution in [3.8, 4) is 5.75 Å². The number of carbonyl (C=O) groups excluding carboxylic acids is 1. The highest BCUT2D eigenvalue weighted by molar-refractivity contribution is 8.18. The zero-order valence-electron chi connectivity index (χ0n) is 19.9. The maximum atomic E-state index is 13.7. The van der Waals surface area contributed by atoms with E-state index in [0.29, 0.717) is 15.8 Å². The standard InChI is InChI=1S/C27H27N3O4S2/c1-34-24-16-11-18(22-9-5-6-10-23(22)24)17-25-26(31)30(20-7-3-2-4-8-20)27(35-25)29-19-12-14-21(15-13-19)36(28,32)33/h5-6,9-17,20H,2-4,7-8H2,1H3,(H2,28,32,33)/b25-17?,29-27-. The Morgan fingerprint density at radius 2 is 1.69 bits per heavy atom. The van der Waals surface area contributed by atoms with Crippen molar-refractivity contribution in [1.29, 1.82) is 0 Å². The smallest absolute Gasteiger partial charge is 0.267 e. The number of nitrogens with zero attached hydrogens (tertiary/aromatic N) is 2. The number of methoxy groups -OCH3 is 1. The van der Waals surface area contributed by atoms with Crippen molar-refractivity contribution in [3.63, 3.8) is 0 Å². The lowest BCUT2D eigenvalue weighted by atomic mass is 9.94. The van der Waals surface area contributed by atoms with Crippen LogP contribution in [-0.2, 0) is 14.8 Å². The largest absolute Gasteiger partial charge is 0.496 e. The summed E-state index contributed by atoms with van der Waals surface area (Å²) in [5.41, 5.74) is 1.50. The van der Waals surface area contributed by atoms with E-state index in [-0.39, 0.29) is 16.8 Å². The number of carbonyl (C=O) groups is 1. The van der Waals surface area contributed by atoms with Crippen molar-refractivity contribution in [2.24, 2.45) is 10.1 Å². The molecule has 186 valence electrons. The minimum absolute atomic E-state index is 0.0257. The van der Waals surface area contributed by atoms with Gasteiger partial charge in [0.15, 0.2) is 5.17 Å². The molecule has 0 spiro atoms. The number of fused-ring (bicyclic) bond motifs is 1. The van der Waals surface area contributed by atoms with Gasteiger partial charge in [0.25, 0.3) is 5.91 Å². The average molecular weight is 522 g/mol. The van der Waals surface area contributed by atoms with Crippen LogP contribution in [-0.4, -0.2) is 37.5 Å². The molecule has 9 heteroatoms. The summed E-state index contributed by atoms with van der Waals surface area (Å²) < 4.78 is 28.7. The maximum Gasteiger partial charge on any atom is 0.267 e. The van der Waals surface area contributed by atoms with E-state index in [9.17, 15) is 13.2 Å². The van der Waals surface area contributed by atoms with E-state index in [2.05, 4.69) is 0 Å². The number of primary sulfonamides is 1. The van der Waals surface area contributed by atoms with Crippen molar-refractivity contribution in [2.45, 2.75) is 43.0 Å². The van der Waals surface area contributed by atoms with Gasteiger partial charge in [-0.25, -0.2) is 18.5 Å². The molecule has 1 aliphatic heterocycles. The number of ether oxygens (including phenoxy) is 1. The van der Waals surface area contributed by atoms with E-state index in [1.165, 1.54) is 30.3 Å². The van der Waals surface area contributed by atoms with Gasteiger partial charge in [0.05, 0.1) is 22.6 Å². The second kappa shape index (κ2) is 10.1. The zero-order valence-corrected chi connectivity index (χ0v) is 21.5. The number of amidine groups is 1. The predicted octanol–water partition coefficient (Wildman–Crippen LogP) is 5.43. The average Bonchev–Trinajstić information content (AvgIpc) is 3.18. The fraction of sp³-hybridized carbons (Fsp3) is 0.259. The molecule has 2 fully saturated rings. The molecule has 1 aliphatic carbocycles. The zero-order chi connectivity index (χ0) is 25.3. The Balaban J connectivity index is 1.55. The van der Waals surface area contributed by atoms with Crippen LogP contribution < -0.4 is 9.88 Å². The molecule has 1 heterocycles. The van der Waals surface area contributed by atoms with Crippen molar-refractivity contribution in [2.75, 3.05) is 7.11 Å². The highest BCUT2D eigenvalue weighted by Gasteiger charge is 2.38. The maximum absolute atomic E-state index is 13.7. The van der Waals surface area contributed by atoms with E-state index in [1.807, 2.05) is 47.4 Å². The van der Waals surface area contributed by atoms with Gasteiger partial charge >= 0.3 is 0 Å². The highest BCUT2D eigenvalue weighted by atomic mass is 32.2. The third-order valence-electron chi connectivity index (χ3n) is 6.59. The quantitative estimate of drug-likeness (QED) is 0.451. The Morgan fingerprint density at radius 3 is 2.36 bits per heavy atom. The van der Waals surface area contributed by atoms with Crippen molar-refractivity contribution < 1.29 is 17.9 Å². The topological polar surface area (TPSA) is 102 Å². The molecule has 1 saturated heterocycles. The van der Waals surface area contributed by atoms with Gasteiger partial charge in [-0.1, -0.05) is 49.6 Å². The molecule has 0 bridgehead atoms. The van der Waals surface area contributed by atoms with Crippen LogP contribution in [0.2, 0.25) is 0 Å². The van der Waals surface area contributed by atoms with Crippen LogP contribution in [0.1, 0.15) is 37.7 Å². The van der Waals surface area contributed by atoms with E-state index >= 15 is 0 Å².